The number of hydrogen-bond acceptors (Lipinski definition) is 8. The molecular formula is C21H18N4O6S2. The number of non-ortho nitro benzene ring substituents is 1. The molecule has 33 heavy (non-hydrogen) atoms. The van der Waals surface area contributed by atoms with E-state index in [-0.39, 0.29) is 22.1 Å². The number of hydrazine groups is 1. The molecule has 1 fully saturated rings. The summed E-state index contributed by atoms with van der Waals surface area (Å²) in [6.07, 6.45) is 1.67. The van der Waals surface area contributed by atoms with Gasteiger partial charge in [-0.2, -0.15) is 0 Å². The summed E-state index contributed by atoms with van der Waals surface area (Å²) in [5.41, 5.74) is 5.12. The standard InChI is InChI=1S/C21H18N4O6S2/c1-2-31-16-9-3-13(4-10-16)11-17-20(28)24(21(32)33-17)12-18(26)22-23-19(27)14-5-7-15(8-6-14)25(29)30/h3-11H,2,12H2,1H3,(H,22,26)(H,23,27)/b17-11-. The molecule has 1 aliphatic rings. The molecule has 0 unspecified atom stereocenters. The van der Waals surface area contributed by atoms with Crippen molar-refractivity contribution >= 4 is 57.8 Å². The number of benzene rings is 2. The molecular weight excluding hydrogens is 468 g/mol. The van der Waals surface area contributed by atoms with Crippen molar-refractivity contribution in [2.75, 3.05) is 13.2 Å². The second kappa shape index (κ2) is 10.7. The highest BCUT2D eigenvalue weighted by Crippen LogP contribution is 2.32. The zero-order chi connectivity index (χ0) is 24.0. The molecule has 0 radical (unpaired) electrons. The Morgan fingerprint density at radius 1 is 1.15 bits per heavy atom. The monoisotopic (exact) mass is 486 g/mol. The maximum absolute atomic E-state index is 12.7. The van der Waals surface area contributed by atoms with Gasteiger partial charge in [0, 0.05) is 17.7 Å². The summed E-state index contributed by atoms with van der Waals surface area (Å²) < 4.78 is 5.61. The summed E-state index contributed by atoms with van der Waals surface area (Å²) in [7, 11) is 0. The zero-order valence-electron chi connectivity index (χ0n) is 17.3. The molecule has 3 rings (SSSR count). The van der Waals surface area contributed by atoms with Gasteiger partial charge in [-0.3, -0.25) is 40.2 Å². The van der Waals surface area contributed by atoms with Gasteiger partial charge in [0.15, 0.2) is 0 Å². The first-order valence-corrected chi connectivity index (χ1v) is 10.8. The summed E-state index contributed by atoms with van der Waals surface area (Å²) >= 11 is 6.29. The van der Waals surface area contributed by atoms with Crippen molar-refractivity contribution in [1.82, 2.24) is 15.8 Å². The molecule has 2 aromatic carbocycles. The Kier molecular flexibility index (Phi) is 7.74. The fraction of sp³-hybridized carbons (Fsp3) is 0.143. The van der Waals surface area contributed by atoms with Gasteiger partial charge in [0.2, 0.25) is 0 Å². The van der Waals surface area contributed by atoms with Gasteiger partial charge in [0.1, 0.15) is 16.6 Å². The first-order chi connectivity index (χ1) is 15.8. The third-order valence-corrected chi connectivity index (χ3v) is 5.70. The molecule has 0 atom stereocenters. The van der Waals surface area contributed by atoms with E-state index in [1.54, 1.807) is 30.3 Å². The number of thioether (sulfide) groups is 1. The van der Waals surface area contributed by atoms with Crippen molar-refractivity contribution in [2.45, 2.75) is 6.92 Å². The summed E-state index contributed by atoms with van der Waals surface area (Å²) in [5, 5.41) is 10.7. The van der Waals surface area contributed by atoms with Crippen LogP contribution in [0.1, 0.15) is 22.8 Å². The highest BCUT2D eigenvalue weighted by molar-refractivity contribution is 8.26. The Labute approximate surface area is 198 Å². The quantitative estimate of drug-likeness (QED) is 0.264. The second-order valence-electron chi connectivity index (χ2n) is 6.58. The van der Waals surface area contributed by atoms with E-state index in [0.29, 0.717) is 11.5 Å². The maximum atomic E-state index is 12.7. The number of nitrogens with one attached hydrogen (secondary N) is 2. The highest BCUT2D eigenvalue weighted by atomic mass is 32.2. The minimum absolute atomic E-state index is 0.116. The summed E-state index contributed by atoms with van der Waals surface area (Å²) in [6.45, 7) is 2.05. The number of thiocarbonyl (C=S) groups is 1. The molecule has 170 valence electrons. The van der Waals surface area contributed by atoms with Gasteiger partial charge in [-0.1, -0.05) is 36.1 Å². The number of nitro benzene ring substituents is 1. The molecule has 3 amide bonds. The van der Waals surface area contributed by atoms with Crippen LogP contribution in [0.2, 0.25) is 0 Å². The topological polar surface area (TPSA) is 131 Å². The van der Waals surface area contributed by atoms with Gasteiger partial charge in [-0.25, -0.2) is 0 Å². The molecule has 2 aromatic rings. The third kappa shape index (κ3) is 6.14. The molecule has 10 nitrogen and oxygen atoms in total. The Hall–Kier alpha value is -3.77. The molecule has 0 aliphatic carbocycles. The largest absolute Gasteiger partial charge is 0.494 e. The van der Waals surface area contributed by atoms with E-state index in [1.165, 1.54) is 24.3 Å². The minimum Gasteiger partial charge on any atom is -0.494 e. The predicted molar refractivity (Wildman–Crippen MR) is 126 cm³/mol. The molecule has 1 saturated heterocycles. The van der Waals surface area contributed by atoms with Gasteiger partial charge in [-0.05, 0) is 42.8 Å². The van der Waals surface area contributed by atoms with Crippen LogP contribution in [0.4, 0.5) is 5.69 Å². The SMILES string of the molecule is CCOc1ccc(/C=C2\SC(=S)N(CC(=O)NNC(=O)c3ccc([N+](=O)[O-])cc3)C2=O)cc1. The normalized spacial score (nSPS) is 14.3. The molecule has 0 aromatic heterocycles. The lowest BCUT2D eigenvalue weighted by atomic mass is 10.2. The van der Waals surface area contributed by atoms with Crippen LogP contribution in [-0.4, -0.2) is 45.0 Å². The Balaban J connectivity index is 1.56. The lowest BCUT2D eigenvalue weighted by molar-refractivity contribution is -0.384. The fourth-order valence-electron chi connectivity index (χ4n) is 2.73. The number of nitro groups is 1. The summed E-state index contributed by atoms with van der Waals surface area (Å²) in [4.78, 5) is 48.6. The Bertz CT molecular complexity index is 1130. The van der Waals surface area contributed by atoms with Crippen molar-refractivity contribution < 1.29 is 24.0 Å². The van der Waals surface area contributed by atoms with E-state index >= 15 is 0 Å². The van der Waals surface area contributed by atoms with Crippen LogP contribution in [0.15, 0.2) is 53.4 Å². The van der Waals surface area contributed by atoms with Gasteiger partial charge >= 0.3 is 0 Å². The summed E-state index contributed by atoms with van der Waals surface area (Å²) in [6, 6.07) is 12.0. The molecule has 1 aliphatic heterocycles. The number of amides is 3. The van der Waals surface area contributed by atoms with E-state index in [0.717, 1.165) is 28.0 Å². The first-order valence-electron chi connectivity index (χ1n) is 9.60. The van der Waals surface area contributed by atoms with E-state index in [4.69, 9.17) is 17.0 Å². The van der Waals surface area contributed by atoms with Crippen LogP contribution in [0.5, 0.6) is 5.75 Å². The van der Waals surface area contributed by atoms with Crippen LogP contribution in [-0.2, 0) is 9.59 Å². The van der Waals surface area contributed by atoms with Gasteiger partial charge in [0.05, 0.1) is 16.4 Å². The van der Waals surface area contributed by atoms with E-state index in [2.05, 4.69) is 10.9 Å². The fourth-order valence-corrected chi connectivity index (χ4v) is 3.99. The van der Waals surface area contributed by atoms with Crippen LogP contribution in [0.25, 0.3) is 6.08 Å². The smallest absolute Gasteiger partial charge is 0.269 e. The van der Waals surface area contributed by atoms with Crippen LogP contribution in [0, 0.1) is 10.1 Å². The van der Waals surface area contributed by atoms with Gasteiger partial charge in [-0.15, -0.1) is 0 Å². The molecule has 0 bridgehead atoms. The number of nitrogens with zero attached hydrogens (tertiary/aromatic N) is 2. The third-order valence-electron chi connectivity index (χ3n) is 4.32. The van der Waals surface area contributed by atoms with Crippen LogP contribution in [0.3, 0.4) is 0 Å². The first kappa shape index (κ1) is 23.9. The van der Waals surface area contributed by atoms with Crippen molar-refractivity contribution in [3.05, 3.63) is 74.7 Å². The lowest BCUT2D eigenvalue weighted by Gasteiger charge is -2.14. The van der Waals surface area contributed by atoms with Crippen LogP contribution < -0.4 is 15.6 Å². The van der Waals surface area contributed by atoms with Gasteiger partial charge in [0.25, 0.3) is 23.4 Å². The zero-order valence-corrected chi connectivity index (χ0v) is 18.9. The number of ether oxygens (including phenoxy) is 1. The molecule has 0 saturated carbocycles. The predicted octanol–water partition coefficient (Wildman–Crippen LogP) is 2.66. The number of rotatable bonds is 7. The minimum atomic E-state index is -0.668. The molecule has 0 spiro atoms. The lowest BCUT2D eigenvalue weighted by Crippen LogP contribution is -2.47. The second-order valence-corrected chi connectivity index (χ2v) is 8.25. The summed E-state index contributed by atoms with van der Waals surface area (Å²) in [5.74, 6) is -1.03. The van der Waals surface area contributed by atoms with E-state index in [9.17, 15) is 24.5 Å². The maximum Gasteiger partial charge on any atom is 0.269 e. The molecule has 12 heteroatoms. The number of carbonyl (C=O) groups is 3. The Morgan fingerprint density at radius 2 is 1.82 bits per heavy atom. The Morgan fingerprint density at radius 3 is 2.42 bits per heavy atom. The molecule has 2 N–H and O–H groups in total. The van der Waals surface area contributed by atoms with Crippen LogP contribution >= 0.6 is 24.0 Å². The average molecular weight is 487 g/mol. The van der Waals surface area contributed by atoms with Gasteiger partial charge < -0.3 is 4.74 Å². The average Bonchev–Trinajstić information content (AvgIpc) is 3.06. The van der Waals surface area contributed by atoms with E-state index < -0.39 is 22.6 Å². The van der Waals surface area contributed by atoms with Crippen molar-refractivity contribution in [3.63, 3.8) is 0 Å². The number of hydrogen-bond donors (Lipinski definition) is 2. The van der Waals surface area contributed by atoms with E-state index in [1.807, 2.05) is 6.92 Å². The van der Waals surface area contributed by atoms with Crippen molar-refractivity contribution in [2.24, 2.45) is 0 Å². The van der Waals surface area contributed by atoms with Crippen molar-refractivity contribution in [1.29, 1.82) is 0 Å². The van der Waals surface area contributed by atoms with Crippen molar-refractivity contribution in [3.8, 4) is 5.75 Å². The number of carbonyl (C=O) groups excluding carboxylic acids is 3. The molecule has 1 heterocycles. The highest BCUT2D eigenvalue weighted by Gasteiger charge is 2.33.